The third-order valence-electron chi connectivity index (χ3n) is 4.77. The highest BCUT2D eigenvalue weighted by Gasteiger charge is 2.41. The van der Waals surface area contributed by atoms with Crippen LogP contribution in [0, 0.1) is 0 Å². The summed E-state index contributed by atoms with van der Waals surface area (Å²) in [5, 5.41) is 10.3. The molecule has 1 saturated heterocycles. The van der Waals surface area contributed by atoms with Crippen LogP contribution in [-0.4, -0.2) is 22.8 Å². The van der Waals surface area contributed by atoms with Gasteiger partial charge in [-0.2, -0.15) is 0 Å². The van der Waals surface area contributed by atoms with Gasteiger partial charge < -0.3 is 9.84 Å². The van der Waals surface area contributed by atoms with Crippen LogP contribution in [0.4, 0.5) is 0 Å². The fourth-order valence-electron chi connectivity index (χ4n) is 2.92. The van der Waals surface area contributed by atoms with Crippen LogP contribution >= 0.6 is 0 Å². The van der Waals surface area contributed by atoms with Crippen molar-refractivity contribution < 1.29 is 14.6 Å². The molecular weight excluding hydrogens is 288 g/mol. The lowest BCUT2D eigenvalue weighted by molar-refractivity contribution is -0.156. The summed E-state index contributed by atoms with van der Waals surface area (Å²) in [6.45, 7) is 8.38. The molecule has 0 amide bonds. The molecule has 0 spiro atoms. The topological polar surface area (TPSA) is 46.5 Å². The molecule has 0 saturated carbocycles. The number of carbonyl (C=O) groups is 1. The van der Waals surface area contributed by atoms with Crippen LogP contribution in [0.2, 0.25) is 0 Å². The molecule has 0 bridgehead atoms. The Bertz CT molecular complexity index is 436. The van der Waals surface area contributed by atoms with Crippen LogP contribution in [-0.2, 0) is 9.53 Å². The second-order valence-corrected chi connectivity index (χ2v) is 7.12. The minimum Gasteiger partial charge on any atom is -0.457 e. The number of aliphatic hydroxyl groups excluding tert-OH is 1. The Morgan fingerprint density at radius 1 is 1.26 bits per heavy atom. The van der Waals surface area contributed by atoms with Gasteiger partial charge in [0, 0.05) is 6.42 Å². The standard InChI is InChI=1S/C20H34O3/c1-5-6-7-9-16(2)10-8-11-17(3)12-13-18(21)20(4)15-14-19(22)23-20/h9,11,18,21H,5-8,10,12-15H2,1-4H3. The van der Waals surface area contributed by atoms with Gasteiger partial charge in [0.1, 0.15) is 5.60 Å². The number of hydrogen-bond donors (Lipinski definition) is 1. The number of carbonyl (C=O) groups excluding carboxylic acids is 1. The monoisotopic (exact) mass is 322 g/mol. The molecule has 0 aliphatic carbocycles. The highest BCUT2D eigenvalue weighted by atomic mass is 16.6. The summed E-state index contributed by atoms with van der Waals surface area (Å²) in [7, 11) is 0. The average molecular weight is 322 g/mol. The Morgan fingerprint density at radius 3 is 2.52 bits per heavy atom. The fourth-order valence-corrected chi connectivity index (χ4v) is 2.92. The third-order valence-corrected chi connectivity index (χ3v) is 4.77. The zero-order valence-electron chi connectivity index (χ0n) is 15.4. The third kappa shape index (κ3) is 7.34. The van der Waals surface area contributed by atoms with E-state index in [0.717, 1.165) is 19.3 Å². The first kappa shape index (κ1) is 20.0. The molecule has 23 heavy (non-hydrogen) atoms. The number of allylic oxidation sites excluding steroid dienone is 4. The molecule has 2 unspecified atom stereocenters. The summed E-state index contributed by atoms with van der Waals surface area (Å²) >= 11 is 0. The molecular formula is C20H34O3. The summed E-state index contributed by atoms with van der Waals surface area (Å²) in [5.74, 6) is -0.191. The Kier molecular flexibility index (Phi) is 8.60. The molecule has 1 N–H and O–H groups in total. The first-order valence-electron chi connectivity index (χ1n) is 9.08. The number of hydrogen-bond acceptors (Lipinski definition) is 3. The van der Waals surface area contributed by atoms with Crippen molar-refractivity contribution in [3.8, 4) is 0 Å². The molecule has 1 fully saturated rings. The van der Waals surface area contributed by atoms with Gasteiger partial charge >= 0.3 is 5.97 Å². The van der Waals surface area contributed by atoms with E-state index in [4.69, 9.17) is 4.74 Å². The maximum Gasteiger partial charge on any atom is 0.306 e. The summed E-state index contributed by atoms with van der Waals surface area (Å²) in [5.41, 5.74) is 2.09. The number of aliphatic hydroxyl groups is 1. The van der Waals surface area contributed by atoms with E-state index in [0.29, 0.717) is 19.3 Å². The van der Waals surface area contributed by atoms with Crippen LogP contribution in [0.1, 0.15) is 85.5 Å². The number of esters is 1. The van der Waals surface area contributed by atoms with Crippen molar-refractivity contribution in [3.05, 3.63) is 23.3 Å². The fraction of sp³-hybridized carbons (Fsp3) is 0.750. The Balaban J connectivity index is 2.28. The molecule has 0 aromatic rings. The zero-order valence-corrected chi connectivity index (χ0v) is 15.4. The minimum absolute atomic E-state index is 0.191. The minimum atomic E-state index is -0.685. The maximum atomic E-state index is 11.3. The number of ether oxygens (including phenoxy) is 1. The molecule has 1 aliphatic rings. The maximum absolute atomic E-state index is 11.3. The smallest absolute Gasteiger partial charge is 0.306 e. The molecule has 0 aromatic heterocycles. The second-order valence-electron chi connectivity index (χ2n) is 7.12. The van der Waals surface area contributed by atoms with Gasteiger partial charge in [-0.25, -0.2) is 0 Å². The lowest BCUT2D eigenvalue weighted by atomic mass is 9.91. The predicted molar refractivity (Wildman–Crippen MR) is 95.2 cm³/mol. The normalized spacial score (nSPS) is 24.0. The van der Waals surface area contributed by atoms with Crippen molar-refractivity contribution in [1.29, 1.82) is 0 Å². The highest BCUT2D eigenvalue weighted by molar-refractivity contribution is 5.72. The van der Waals surface area contributed by atoms with Gasteiger partial charge in [-0.15, -0.1) is 0 Å². The lowest BCUT2D eigenvalue weighted by Crippen LogP contribution is -2.39. The molecule has 3 nitrogen and oxygen atoms in total. The van der Waals surface area contributed by atoms with E-state index in [2.05, 4.69) is 32.9 Å². The van der Waals surface area contributed by atoms with Crippen molar-refractivity contribution in [1.82, 2.24) is 0 Å². The molecule has 0 radical (unpaired) electrons. The van der Waals surface area contributed by atoms with Gasteiger partial charge in [0.2, 0.25) is 0 Å². The quantitative estimate of drug-likeness (QED) is 0.346. The molecule has 2 atom stereocenters. The Hall–Kier alpha value is -1.09. The summed E-state index contributed by atoms with van der Waals surface area (Å²) in [4.78, 5) is 11.3. The van der Waals surface area contributed by atoms with E-state index in [1.165, 1.54) is 30.4 Å². The van der Waals surface area contributed by atoms with Gasteiger partial charge in [-0.3, -0.25) is 4.79 Å². The zero-order chi connectivity index (χ0) is 17.3. The van der Waals surface area contributed by atoms with Crippen molar-refractivity contribution in [2.45, 2.75) is 97.2 Å². The van der Waals surface area contributed by atoms with Crippen LogP contribution in [0.15, 0.2) is 23.3 Å². The molecule has 3 heteroatoms. The average Bonchev–Trinajstić information content (AvgIpc) is 2.85. The number of rotatable bonds is 10. The van der Waals surface area contributed by atoms with Crippen molar-refractivity contribution in [2.75, 3.05) is 0 Å². The van der Waals surface area contributed by atoms with E-state index >= 15 is 0 Å². The number of unbranched alkanes of at least 4 members (excludes halogenated alkanes) is 2. The molecule has 132 valence electrons. The lowest BCUT2D eigenvalue weighted by Gasteiger charge is -2.28. The summed E-state index contributed by atoms with van der Waals surface area (Å²) in [6.07, 6.45) is 12.5. The SMILES string of the molecule is CCCCC=C(C)CCC=C(C)CCC(O)C1(C)CCC(=O)O1. The van der Waals surface area contributed by atoms with E-state index in [1.54, 1.807) is 0 Å². The molecule has 1 aliphatic heterocycles. The first-order valence-corrected chi connectivity index (χ1v) is 9.08. The van der Waals surface area contributed by atoms with Crippen LogP contribution < -0.4 is 0 Å². The molecule has 1 heterocycles. The van der Waals surface area contributed by atoms with E-state index < -0.39 is 11.7 Å². The summed E-state index contributed by atoms with van der Waals surface area (Å²) in [6, 6.07) is 0. The van der Waals surface area contributed by atoms with Gasteiger partial charge in [-0.1, -0.05) is 43.1 Å². The van der Waals surface area contributed by atoms with E-state index in [-0.39, 0.29) is 5.97 Å². The largest absolute Gasteiger partial charge is 0.457 e. The van der Waals surface area contributed by atoms with Gasteiger partial charge in [0.15, 0.2) is 0 Å². The van der Waals surface area contributed by atoms with Gasteiger partial charge in [-0.05, 0) is 59.3 Å². The highest BCUT2D eigenvalue weighted by Crippen LogP contribution is 2.32. The van der Waals surface area contributed by atoms with Gasteiger partial charge in [0.25, 0.3) is 0 Å². The Labute approximate surface area is 141 Å². The van der Waals surface area contributed by atoms with E-state index in [9.17, 15) is 9.90 Å². The second kappa shape index (κ2) is 9.92. The number of cyclic esters (lactones) is 1. The van der Waals surface area contributed by atoms with Crippen molar-refractivity contribution >= 4 is 5.97 Å². The van der Waals surface area contributed by atoms with Crippen LogP contribution in [0.3, 0.4) is 0 Å². The molecule has 0 aromatic carbocycles. The van der Waals surface area contributed by atoms with Crippen LogP contribution in [0.25, 0.3) is 0 Å². The first-order chi connectivity index (χ1) is 10.9. The Morgan fingerprint density at radius 2 is 1.91 bits per heavy atom. The summed E-state index contributed by atoms with van der Waals surface area (Å²) < 4.78 is 5.29. The van der Waals surface area contributed by atoms with Crippen molar-refractivity contribution in [3.63, 3.8) is 0 Å². The van der Waals surface area contributed by atoms with E-state index in [1.807, 2.05) is 6.92 Å². The predicted octanol–water partition coefficient (Wildman–Crippen LogP) is 5.09. The van der Waals surface area contributed by atoms with Crippen LogP contribution in [0.5, 0.6) is 0 Å². The van der Waals surface area contributed by atoms with Gasteiger partial charge in [0.05, 0.1) is 6.10 Å². The van der Waals surface area contributed by atoms with Crippen molar-refractivity contribution in [2.24, 2.45) is 0 Å². The molecule has 1 rings (SSSR count).